The zero-order valence-corrected chi connectivity index (χ0v) is 28.3. The number of hydrogen-bond donors (Lipinski definition) is 0. The van der Waals surface area contributed by atoms with Crippen molar-refractivity contribution >= 4 is 5.57 Å². The molecule has 1 aromatic heterocycles. The second kappa shape index (κ2) is 13.6. The van der Waals surface area contributed by atoms with E-state index < -0.39 is 0 Å². The largest absolute Gasteiger partial charge is 0.443 e. The minimum Gasteiger partial charge on any atom is -0.443 e. The molecule has 244 valence electrons. The third kappa shape index (κ3) is 6.45. The lowest BCUT2D eigenvalue weighted by atomic mass is 9.80. The Bertz CT molecular complexity index is 2410. The van der Waals surface area contributed by atoms with E-state index in [9.17, 15) is 0 Å². The van der Waals surface area contributed by atoms with Crippen LogP contribution in [0.15, 0.2) is 174 Å². The van der Waals surface area contributed by atoms with Crippen molar-refractivity contribution in [1.82, 2.24) is 9.97 Å². The first-order valence-electron chi connectivity index (χ1n) is 17.8. The molecule has 1 atom stereocenters. The first kappa shape index (κ1) is 30.8. The minimum absolute atomic E-state index is 0.233. The van der Waals surface area contributed by atoms with Crippen LogP contribution in [0.2, 0.25) is 0 Å². The molecule has 5 aromatic rings. The number of rotatable bonds is 6. The van der Waals surface area contributed by atoms with E-state index in [0.29, 0.717) is 11.7 Å². The third-order valence-electron chi connectivity index (χ3n) is 9.99. The molecule has 0 spiro atoms. The Hall–Kier alpha value is -6.24. The summed E-state index contributed by atoms with van der Waals surface area (Å²) in [4.78, 5) is 10.2. The van der Waals surface area contributed by atoms with Gasteiger partial charge >= 0.3 is 0 Å². The number of aromatic nitrogens is 2. The summed E-state index contributed by atoms with van der Waals surface area (Å²) in [6, 6.07) is 38.8. The maximum Gasteiger partial charge on any atom is 0.226 e. The van der Waals surface area contributed by atoms with Crippen LogP contribution in [0.25, 0.3) is 39.3 Å². The van der Waals surface area contributed by atoms with Gasteiger partial charge in [-0.25, -0.2) is 4.98 Å². The number of allylic oxidation sites excluding steroid dienone is 11. The number of ether oxygens (including phenoxy) is 1. The predicted molar refractivity (Wildman–Crippen MR) is 208 cm³/mol. The van der Waals surface area contributed by atoms with Crippen molar-refractivity contribution in [2.24, 2.45) is 0 Å². The van der Waals surface area contributed by atoms with Crippen molar-refractivity contribution in [2.75, 3.05) is 0 Å². The smallest absolute Gasteiger partial charge is 0.226 e. The topological polar surface area (TPSA) is 35.0 Å². The monoisotopic (exact) mass is 656 g/mol. The Morgan fingerprint density at radius 2 is 1.43 bits per heavy atom. The van der Waals surface area contributed by atoms with E-state index in [1.807, 2.05) is 30.4 Å². The van der Waals surface area contributed by atoms with Gasteiger partial charge in [-0.05, 0) is 58.4 Å². The molecule has 2 bridgehead atoms. The molecule has 4 aromatic carbocycles. The molecule has 0 fully saturated rings. The zero-order valence-electron chi connectivity index (χ0n) is 28.3. The molecule has 0 N–H and O–H groups in total. The first-order valence-corrected chi connectivity index (χ1v) is 17.8. The summed E-state index contributed by atoms with van der Waals surface area (Å²) in [6.07, 6.45) is 19.8. The van der Waals surface area contributed by atoms with Gasteiger partial charge < -0.3 is 4.74 Å². The van der Waals surface area contributed by atoms with E-state index in [2.05, 4.69) is 133 Å². The molecule has 2 heterocycles. The highest BCUT2D eigenvalue weighted by Crippen LogP contribution is 2.41. The summed E-state index contributed by atoms with van der Waals surface area (Å²) in [5.41, 5.74) is 13.9. The van der Waals surface area contributed by atoms with Crippen molar-refractivity contribution in [2.45, 2.75) is 38.0 Å². The molecule has 51 heavy (non-hydrogen) atoms. The molecule has 3 aliphatic carbocycles. The van der Waals surface area contributed by atoms with Gasteiger partial charge in [-0.15, -0.1) is 0 Å². The highest BCUT2D eigenvalue weighted by atomic mass is 16.5. The fourth-order valence-electron chi connectivity index (χ4n) is 7.43. The van der Waals surface area contributed by atoms with Crippen molar-refractivity contribution in [3.8, 4) is 51.5 Å². The van der Waals surface area contributed by atoms with Gasteiger partial charge in [-0.2, -0.15) is 4.98 Å². The molecular weight excluding hydrogens is 621 g/mol. The number of hydrogen-bond acceptors (Lipinski definition) is 3. The number of benzene rings is 4. The summed E-state index contributed by atoms with van der Waals surface area (Å²) < 4.78 is 6.52. The second-order valence-corrected chi connectivity index (χ2v) is 13.5. The molecule has 9 rings (SSSR count). The third-order valence-corrected chi connectivity index (χ3v) is 9.99. The Morgan fingerprint density at radius 1 is 0.686 bits per heavy atom. The standard InChI is InChI=1S/C48H36N2O/c1-4-15-34(16-5-1)41-30-42(35-17-6-2-7-18-35)32-43(31-41)39-23-12-21-37(28-39)38-22-13-24-40(29-38)46-45-27-33-14-10-11-25-44(26-33)51-48(45)50-47(49-46)36-19-8-3-9-20-36/h1,3-5,8-17,19-25,28-30,32,43H,2,6,26-27,31H2. The van der Waals surface area contributed by atoms with Crippen LogP contribution in [0, 0.1) is 11.8 Å². The van der Waals surface area contributed by atoms with Gasteiger partial charge in [-0.3, -0.25) is 0 Å². The van der Waals surface area contributed by atoms with Crippen LogP contribution in [0.4, 0.5) is 0 Å². The number of nitrogens with zero attached hydrogens (tertiary/aromatic N) is 2. The zero-order chi connectivity index (χ0) is 34.0. The Kier molecular flexibility index (Phi) is 8.20. The van der Waals surface area contributed by atoms with Gasteiger partial charge in [0, 0.05) is 47.4 Å². The van der Waals surface area contributed by atoms with E-state index in [1.165, 1.54) is 33.4 Å². The SMILES string of the molecule is C1#CC(C2=CC(c3cccc(-c4cccc(-c5nc(-c6ccccc6)nc6c5CC5=CC=CC=C(C5)O6)c4)c3)CC(c3ccccc3)=C2)=CCC1. The lowest BCUT2D eigenvalue weighted by molar-refractivity contribution is 0.401. The van der Waals surface area contributed by atoms with Crippen LogP contribution >= 0.6 is 0 Å². The molecule has 3 heteroatoms. The van der Waals surface area contributed by atoms with Gasteiger partial charge in [-0.1, -0.05) is 157 Å². The van der Waals surface area contributed by atoms with E-state index in [1.54, 1.807) is 0 Å². The average molecular weight is 657 g/mol. The van der Waals surface area contributed by atoms with Crippen LogP contribution in [0.1, 0.15) is 48.3 Å². The van der Waals surface area contributed by atoms with Gasteiger partial charge in [0.05, 0.1) is 5.69 Å². The van der Waals surface area contributed by atoms with Gasteiger partial charge in [0.25, 0.3) is 0 Å². The fraction of sp³-hybridized carbons (Fsp3) is 0.125. The molecule has 1 aliphatic heterocycles. The summed E-state index contributed by atoms with van der Waals surface area (Å²) in [5.74, 6) is 9.18. The molecular formula is C48H36N2O. The van der Waals surface area contributed by atoms with Gasteiger partial charge in [0.15, 0.2) is 5.82 Å². The van der Waals surface area contributed by atoms with Crippen molar-refractivity contribution < 1.29 is 4.74 Å². The van der Waals surface area contributed by atoms with Crippen molar-refractivity contribution in [1.29, 1.82) is 0 Å². The molecule has 0 saturated carbocycles. The maximum atomic E-state index is 6.52. The molecule has 1 unspecified atom stereocenters. The Morgan fingerprint density at radius 3 is 2.25 bits per heavy atom. The van der Waals surface area contributed by atoms with E-state index in [4.69, 9.17) is 14.7 Å². The predicted octanol–water partition coefficient (Wildman–Crippen LogP) is 11.4. The number of fused-ring (bicyclic) bond motifs is 3. The average Bonchev–Trinajstić information content (AvgIpc) is 3.54. The van der Waals surface area contributed by atoms with Crippen molar-refractivity contribution in [3.05, 3.63) is 191 Å². The Labute approximate surface area is 299 Å². The summed E-state index contributed by atoms with van der Waals surface area (Å²) >= 11 is 0. The Balaban J connectivity index is 1.11. The minimum atomic E-state index is 0.233. The van der Waals surface area contributed by atoms with Crippen LogP contribution in [-0.4, -0.2) is 9.97 Å². The quantitative estimate of drug-likeness (QED) is 0.171. The first-order chi connectivity index (χ1) is 25.2. The normalized spacial score (nSPS) is 17.5. The fourth-order valence-corrected chi connectivity index (χ4v) is 7.43. The van der Waals surface area contributed by atoms with Gasteiger partial charge in [0.2, 0.25) is 5.88 Å². The maximum absolute atomic E-state index is 6.52. The van der Waals surface area contributed by atoms with Crippen molar-refractivity contribution in [3.63, 3.8) is 0 Å². The molecule has 4 aliphatic rings. The molecule has 0 saturated heterocycles. The van der Waals surface area contributed by atoms with Gasteiger partial charge in [0.1, 0.15) is 5.76 Å². The highest BCUT2D eigenvalue weighted by molar-refractivity contribution is 5.77. The van der Waals surface area contributed by atoms with E-state index >= 15 is 0 Å². The molecule has 0 amide bonds. The highest BCUT2D eigenvalue weighted by Gasteiger charge is 2.25. The van der Waals surface area contributed by atoms with E-state index in [-0.39, 0.29) is 5.92 Å². The lowest BCUT2D eigenvalue weighted by Gasteiger charge is -2.24. The molecule has 3 nitrogen and oxygen atoms in total. The summed E-state index contributed by atoms with van der Waals surface area (Å²) in [7, 11) is 0. The van der Waals surface area contributed by atoms with Crippen LogP contribution in [0.5, 0.6) is 5.88 Å². The summed E-state index contributed by atoms with van der Waals surface area (Å²) in [5, 5.41) is 0. The summed E-state index contributed by atoms with van der Waals surface area (Å²) in [6.45, 7) is 0. The second-order valence-electron chi connectivity index (χ2n) is 13.5. The molecule has 0 radical (unpaired) electrons. The van der Waals surface area contributed by atoms with Crippen LogP contribution < -0.4 is 4.74 Å². The lowest BCUT2D eigenvalue weighted by Crippen LogP contribution is -2.06. The van der Waals surface area contributed by atoms with Crippen LogP contribution in [-0.2, 0) is 6.42 Å². The van der Waals surface area contributed by atoms with Crippen LogP contribution in [0.3, 0.4) is 0 Å². The van der Waals surface area contributed by atoms with E-state index in [0.717, 1.165) is 71.4 Å².